The molecule has 2 nitrogen and oxygen atoms in total. The smallest absolute Gasteiger partial charge is 0.110 e. The molecule has 1 fully saturated rings. The van der Waals surface area contributed by atoms with Crippen molar-refractivity contribution in [1.29, 1.82) is 0 Å². The summed E-state index contributed by atoms with van der Waals surface area (Å²) < 4.78 is 5.74. The molecular weight excluding hydrogens is 198 g/mol. The van der Waals surface area contributed by atoms with Crippen molar-refractivity contribution in [2.24, 2.45) is 5.92 Å². The third-order valence-electron chi connectivity index (χ3n) is 3.59. The molecule has 1 heterocycles. The maximum atomic E-state index is 5.74. The van der Waals surface area contributed by atoms with Crippen LogP contribution in [-0.2, 0) is 5.41 Å². The van der Waals surface area contributed by atoms with Gasteiger partial charge in [0, 0.05) is 11.0 Å². The lowest BCUT2D eigenvalue weighted by Gasteiger charge is -2.21. The number of aryl methyl sites for hydroxylation is 1. The van der Waals surface area contributed by atoms with Crippen LogP contribution in [0.1, 0.15) is 45.6 Å². The van der Waals surface area contributed by atoms with E-state index in [9.17, 15) is 0 Å². The first kappa shape index (κ1) is 11.7. The summed E-state index contributed by atoms with van der Waals surface area (Å²) in [4.78, 5) is 0. The highest BCUT2D eigenvalue weighted by atomic mass is 16.3. The van der Waals surface area contributed by atoms with E-state index in [0.29, 0.717) is 0 Å². The minimum atomic E-state index is 0.211. The van der Waals surface area contributed by atoms with Crippen LogP contribution in [0.2, 0.25) is 0 Å². The lowest BCUT2D eigenvalue weighted by Crippen LogP contribution is -2.37. The minimum absolute atomic E-state index is 0.211. The molecule has 2 unspecified atom stereocenters. The Bertz CT molecular complexity index is 374. The van der Waals surface area contributed by atoms with Crippen molar-refractivity contribution in [3.05, 3.63) is 23.7 Å². The van der Waals surface area contributed by atoms with E-state index in [0.717, 1.165) is 24.0 Å². The highest BCUT2D eigenvalue weighted by Gasteiger charge is 2.53. The van der Waals surface area contributed by atoms with Crippen molar-refractivity contribution in [3.63, 3.8) is 0 Å². The van der Waals surface area contributed by atoms with Crippen LogP contribution in [0.4, 0.5) is 0 Å². The standard InChI is InChI=1S/C14H23NO/c1-10-6-7-12(16-10)14(5)8-11(14)9-15-13(2,3)4/h6-7,11,15H,8-9H2,1-5H3. The Kier molecular flexibility index (Phi) is 2.66. The molecule has 1 aromatic rings. The summed E-state index contributed by atoms with van der Waals surface area (Å²) in [6.07, 6.45) is 1.24. The zero-order valence-electron chi connectivity index (χ0n) is 11.1. The van der Waals surface area contributed by atoms with E-state index >= 15 is 0 Å². The summed E-state index contributed by atoms with van der Waals surface area (Å²) in [7, 11) is 0. The normalized spacial score (nSPS) is 29.4. The molecule has 2 heteroatoms. The van der Waals surface area contributed by atoms with Gasteiger partial charge in [0.2, 0.25) is 0 Å². The van der Waals surface area contributed by atoms with Gasteiger partial charge in [-0.2, -0.15) is 0 Å². The molecule has 1 aromatic heterocycles. The van der Waals surface area contributed by atoms with Crippen LogP contribution in [0.25, 0.3) is 0 Å². The van der Waals surface area contributed by atoms with Crippen LogP contribution >= 0.6 is 0 Å². The van der Waals surface area contributed by atoms with Crippen LogP contribution in [0.15, 0.2) is 16.5 Å². The Morgan fingerprint density at radius 1 is 1.44 bits per heavy atom. The fraction of sp³-hybridized carbons (Fsp3) is 0.714. The van der Waals surface area contributed by atoms with Gasteiger partial charge < -0.3 is 9.73 Å². The Labute approximate surface area is 98.4 Å². The molecule has 0 radical (unpaired) electrons. The van der Waals surface area contributed by atoms with E-state index in [1.165, 1.54) is 6.42 Å². The Balaban J connectivity index is 1.94. The molecule has 2 atom stereocenters. The summed E-state index contributed by atoms with van der Waals surface area (Å²) in [5.41, 5.74) is 0.481. The summed E-state index contributed by atoms with van der Waals surface area (Å²) in [6, 6.07) is 4.19. The molecule has 16 heavy (non-hydrogen) atoms. The van der Waals surface area contributed by atoms with Gasteiger partial charge in [-0.05, 0) is 58.7 Å². The van der Waals surface area contributed by atoms with Gasteiger partial charge in [0.25, 0.3) is 0 Å². The second kappa shape index (κ2) is 3.63. The highest BCUT2D eigenvalue weighted by molar-refractivity contribution is 5.26. The average molecular weight is 221 g/mol. The van der Waals surface area contributed by atoms with Gasteiger partial charge in [-0.3, -0.25) is 0 Å². The lowest BCUT2D eigenvalue weighted by molar-refractivity contribution is 0.386. The maximum absolute atomic E-state index is 5.74. The van der Waals surface area contributed by atoms with Crippen LogP contribution in [0, 0.1) is 12.8 Å². The first-order valence-corrected chi connectivity index (χ1v) is 6.13. The van der Waals surface area contributed by atoms with Crippen molar-refractivity contribution in [1.82, 2.24) is 5.32 Å². The van der Waals surface area contributed by atoms with Crippen LogP contribution in [-0.4, -0.2) is 12.1 Å². The SMILES string of the molecule is Cc1ccc(C2(C)CC2CNC(C)(C)C)o1. The largest absolute Gasteiger partial charge is 0.466 e. The molecule has 1 N–H and O–H groups in total. The molecule has 1 saturated carbocycles. The second-order valence-corrected chi connectivity index (χ2v) is 6.36. The third kappa shape index (κ3) is 2.32. The molecule has 0 aromatic carbocycles. The van der Waals surface area contributed by atoms with Crippen molar-refractivity contribution in [2.45, 2.75) is 52.0 Å². The second-order valence-electron chi connectivity index (χ2n) is 6.36. The van der Waals surface area contributed by atoms with E-state index in [1.54, 1.807) is 0 Å². The molecule has 0 amide bonds. The summed E-state index contributed by atoms with van der Waals surface area (Å²) in [5.74, 6) is 2.90. The monoisotopic (exact) mass is 221 g/mol. The van der Waals surface area contributed by atoms with Gasteiger partial charge in [-0.1, -0.05) is 6.92 Å². The molecular formula is C14H23NO. The third-order valence-corrected chi connectivity index (χ3v) is 3.59. The van der Waals surface area contributed by atoms with Crippen molar-refractivity contribution < 1.29 is 4.42 Å². The van der Waals surface area contributed by atoms with E-state index in [1.807, 2.05) is 6.92 Å². The molecule has 90 valence electrons. The number of nitrogens with one attached hydrogen (secondary N) is 1. The molecule has 0 bridgehead atoms. The van der Waals surface area contributed by atoms with Crippen molar-refractivity contribution >= 4 is 0 Å². The average Bonchev–Trinajstić information content (AvgIpc) is 2.59. The zero-order valence-corrected chi connectivity index (χ0v) is 11.1. The van der Waals surface area contributed by atoms with E-state index < -0.39 is 0 Å². The number of hydrogen-bond donors (Lipinski definition) is 1. The van der Waals surface area contributed by atoms with Gasteiger partial charge >= 0.3 is 0 Å². The van der Waals surface area contributed by atoms with Crippen molar-refractivity contribution in [2.75, 3.05) is 6.54 Å². The molecule has 0 aliphatic heterocycles. The predicted octanol–water partition coefficient (Wildman–Crippen LogP) is 3.25. The molecule has 2 rings (SSSR count). The summed E-state index contributed by atoms with van der Waals surface area (Å²) in [6.45, 7) is 12.0. The quantitative estimate of drug-likeness (QED) is 0.847. The van der Waals surface area contributed by atoms with Gasteiger partial charge in [0.05, 0.1) is 0 Å². The van der Waals surface area contributed by atoms with Crippen LogP contribution < -0.4 is 5.32 Å². The number of rotatable bonds is 3. The highest BCUT2D eigenvalue weighted by Crippen LogP contribution is 2.54. The first-order chi connectivity index (χ1) is 7.31. The number of furan rings is 1. The zero-order chi connectivity index (χ0) is 12.0. The Morgan fingerprint density at radius 3 is 2.62 bits per heavy atom. The van der Waals surface area contributed by atoms with Gasteiger partial charge in [-0.25, -0.2) is 0 Å². The van der Waals surface area contributed by atoms with Crippen molar-refractivity contribution in [3.8, 4) is 0 Å². The fourth-order valence-corrected chi connectivity index (χ4v) is 2.22. The van der Waals surface area contributed by atoms with E-state index in [-0.39, 0.29) is 11.0 Å². The van der Waals surface area contributed by atoms with Gasteiger partial charge in [-0.15, -0.1) is 0 Å². The van der Waals surface area contributed by atoms with Gasteiger partial charge in [0.1, 0.15) is 11.5 Å². The van der Waals surface area contributed by atoms with E-state index in [2.05, 4.69) is 45.1 Å². The molecule has 0 spiro atoms. The first-order valence-electron chi connectivity index (χ1n) is 6.13. The van der Waals surface area contributed by atoms with E-state index in [4.69, 9.17) is 4.42 Å². The Morgan fingerprint density at radius 2 is 2.12 bits per heavy atom. The topological polar surface area (TPSA) is 25.2 Å². The fourth-order valence-electron chi connectivity index (χ4n) is 2.22. The predicted molar refractivity (Wildman–Crippen MR) is 66.7 cm³/mol. The minimum Gasteiger partial charge on any atom is -0.466 e. The van der Waals surface area contributed by atoms with Crippen LogP contribution in [0.3, 0.4) is 0 Å². The molecule has 1 aliphatic rings. The molecule has 1 aliphatic carbocycles. The van der Waals surface area contributed by atoms with Gasteiger partial charge in [0.15, 0.2) is 0 Å². The summed E-state index contributed by atoms with van der Waals surface area (Å²) in [5, 5.41) is 3.57. The number of hydrogen-bond acceptors (Lipinski definition) is 2. The maximum Gasteiger partial charge on any atom is 0.110 e. The lowest BCUT2D eigenvalue weighted by atomic mass is 10.0. The molecule has 0 saturated heterocycles. The Hall–Kier alpha value is -0.760. The van der Waals surface area contributed by atoms with Crippen LogP contribution in [0.5, 0.6) is 0 Å². The summed E-state index contributed by atoms with van der Waals surface area (Å²) >= 11 is 0.